The van der Waals surface area contributed by atoms with Crippen LogP contribution in [0.25, 0.3) is 0 Å². The Balaban J connectivity index is 2.27. The number of carbonyl (C=O) groups is 1. The van der Waals surface area contributed by atoms with Crippen molar-refractivity contribution < 1.29 is 9.53 Å². The van der Waals surface area contributed by atoms with Gasteiger partial charge in [-0.25, -0.2) is 0 Å². The fraction of sp³-hybridized carbons (Fsp3) is 0.235. The van der Waals surface area contributed by atoms with E-state index in [0.29, 0.717) is 21.4 Å². The van der Waals surface area contributed by atoms with E-state index in [-0.39, 0.29) is 17.5 Å². The van der Waals surface area contributed by atoms with Gasteiger partial charge < -0.3 is 4.74 Å². The van der Waals surface area contributed by atoms with Gasteiger partial charge in [0.2, 0.25) is 5.01 Å². The maximum Gasteiger partial charge on any atom is 0.212 e. The van der Waals surface area contributed by atoms with E-state index in [1.54, 1.807) is 48.5 Å². The summed E-state index contributed by atoms with van der Waals surface area (Å²) in [5.41, 5.74) is -0.403. The summed E-state index contributed by atoms with van der Waals surface area (Å²) in [5.74, 6) is 0.264. The Labute approximate surface area is 169 Å². The van der Waals surface area contributed by atoms with Crippen molar-refractivity contribution in [2.24, 2.45) is 0 Å². The Morgan fingerprint density at radius 3 is 1.88 bits per heavy atom. The maximum atomic E-state index is 13.0. The van der Waals surface area contributed by atoms with Crippen molar-refractivity contribution in [2.75, 3.05) is 11.8 Å². The molecule has 0 aliphatic heterocycles. The molecule has 7 heteroatoms. The Bertz CT molecular complexity index is 685. The standard InChI is InChI=1S/C17H13BrCl4O2/c18-16(24-14-7-5-13(22)6-8-14)15(23)17(9-19,10-20)11-1-3-12(21)4-2-11/h1-8,16H,9-10H2. The highest BCUT2D eigenvalue weighted by Gasteiger charge is 2.42. The molecule has 0 amide bonds. The molecule has 0 spiro atoms. The molecule has 0 radical (unpaired) electrons. The number of rotatable bonds is 7. The number of Topliss-reactive ketones (excluding diaryl/α,β-unsaturated/α-hetero) is 1. The zero-order valence-corrected chi connectivity index (χ0v) is 16.9. The molecule has 1 unspecified atom stereocenters. The Kier molecular flexibility index (Phi) is 7.26. The number of halogens is 5. The molecule has 0 N–H and O–H groups in total. The molecule has 2 aromatic rings. The van der Waals surface area contributed by atoms with Gasteiger partial charge in [-0.15, -0.1) is 23.2 Å². The second-order valence-corrected chi connectivity index (χ2v) is 7.35. The highest BCUT2D eigenvalue weighted by molar-refractivity contribution is 9.09. The Morgan fingerprint density at radius 1 is 0.958 bits per heavy atom. The van der Waals surface area contributed by atoms with E-state index in [0.717, 1.165) is 0 Å². The number of carbonyl (C=O) groups excluding carboxylic acids is 1. The predicted molar refractivity (Wildman–Crippen MR) is 104 cm³/mol. The van der Waals surface area contributed by atoms with Gasteiger partial charge in [-0.05, 0) is 57.9 Å². The van der Waals surface area contributed by atoms with E-state index in [1.807, 2.05) is 0 Å². The molecule has 24 heavy (non-hydrogen) atoms. The van der Waals surface area contributed by atoms with Crippen molar-refractivity contribution in [3.8, 4) is 5.75 Å². The first kappa shape index (κ1) is 19.9. The van der Waals surface area contributed by atoms with Gasteiger partial charge in [-0.3, -0.25) is 4.79 Å². The van der Waals surface area contributed by atoms with Crippen LogP contribution in [0.15, 0.2) is 48.5 Å². The monoisotopic (exact) mass is 468 g/mol. The van der Waals surface area contributed by atoms with Crippen LogP contribution >= 0.6 is 62.3 Å². The van der Waals surface area contributed by atoms with Crippen LogP contribution in [0.2, 0.25) is 10.0 Å². The first-order chi connectivity index (χ1) is 11.4. The Morgan fingerprint density at radius 2 is 1.42 bits per heavy atom. The van der Waals surface area contributed by atoms with Gasteiger partial charge in [0.05, 0.1) is 5.41 Å². The van der Waals surface area contributed by atoms with Crippen molar-refractivity contribution in [3.05, 3.63) is 64.1 Å². The van der Waals surface area contributed by atoms with Crippen molar-refractivity contribution in [1.82, 2.24) is 0 Å². The van der Waals surface area contributed by atoms with Crippen LogP contribution in [-0.4, -0.2) is 22.6 Å². The van der Waals surface area contributed by atoms with E-state index >= 15 is 0 Å². The van der Waals surface area contributed by atoms with Crippen molar-refractivity contribution in [2.45, 2.75) is 10.4 Å². The minimum absolute atomic E-state index is 0.0169. The summed E-state index contributed by atoms with van der Waals surface area (Å²) in [6, 6.07) is 13.6. The number of ketones is 1. The molecule has 0 saturated carbocycles. The summed E-state index contributed by atoms with van der Waals surface area (Å²) in [5, 5.41) is 0.237. The molecule has 0 saturated heterocycles. The van der Waals surface area contributed by atoms with Crippen LogP contribution in [0.1, 0.15) is 5.56 Å². The highest BCUT2D eigenvalue weighted by atomic mass is 79.9. The average molecular weight is 471 g/mol. The molecular formula is C17H13BrCl4O2. The quantitative estimate of drug-likeness (QED) is 0.458. The number of hydrogen-bond donors (Lipinski definition) is 0. The van der Waals surface area contributed by atoms with Crippen molar-refractivity contribution in [3.63, 3.8) is 0 Å². The van der Waals surface area contributed by atoms with Crippen LogP contribution in [0.4, 0.5) is 0 Å². The molecule has 2 rings (SSSR count). The number of ether oxygens (including phenoxy) is 1. The fourth-order valence-electron chi connectivity index (χ4n) is 2.14. The van der Waals surface area contributed by atoms with Crippen molar-refractivity contribution >= 4 is 68.1 Å². The van der Waals surface area contributed by atoms with Gasteiger partial charge in [-0.1, -0.05) is 35.3 Å². The minimum Gasteiger partial charge on any atom is -0.471 e. The summed E-state index contributed by atoms with van der Waals surface area (Å²) >= 11 is 27.3. The average Bonchev–Trinajstić information content (AvgIpc) is 2.59. The summed E-state index contributed by atoms with van der Waals surface area (Å²) < 4.78 is 5.65. The molecule has 2 aromatic carbocycles. The van der Waals surface area contributed by atoms with E-state index in [9.17, 15) is 4.79 Å². The second kappa shape index (κ2) is 8.77. The third-order valence-corrected chi connectivity index (χ3v) is 5.60. The predicted octanol–water partition coefficient (Wildman–Crippen LogP) is 6.08. The van der Waals surface area contributed by atoms with Gasteiger partial charge in [0.15, 0.2) is 5.78 Å². The first-order valence-electron chi connectivity index (χ1n) is 6.91. The molecule has 0 aliphatic carbocycles. The third-order valence-electron chi connectivity index (χ3n) is 3.58. The molecule has 0 bridgehead atoms. The maximum absolute atomic E-state index is 13.0. The zero-order chi connectivity index (χ0) is 17.7. The third kappa shape index (κ3) is 4.39. The number of benzene rings is 2. The summed E-state index contributed by atoms with van der Waals surface area (Å²) in [7, 11) is 0. The lowest BCUT2D eigenvalue weighted by Crippen LogP contribution is -2.45. The summed E-state index contributed by atoms with van der Waals surface area (Å²) in [6.07, 6.45) is 0. The topological polar surface area (TPSA) is 26.3 Å². The van der Waals surface area contributed by atoms with E-state index in [1.165, 1.54) is 0 Å². The summed E-state index contributed by atoms with van der Waals surface area (Å²) in [6.45, 7) is 0. The lowest BCUT2D eigenvalue weighted by molar-refractivity contribution is -0.126. The molecule has 0 aliphatic rings. The lowest BCUT2D eigenvalue weighted by atomic mass is 9.80. The molecule has 128 valence electrons. The molecule has 0 fully saturated rings. The Hall–Kier alpha value is -0.450. The molecule has 2 nitrogen and oxygen atoms in total. The first-order valence-corrected chi connectivity index (χ1v) is 9.65. The van der Waals surface area contributed by atoms with Crippen LogP contribution in [0, 0.1) is 0 Å². The van der Waals surface area contributed by atoms with Gasteiger partial charge in [-0.2, -0.15) is 0 Å². The normalized spacial score (nSPS) is 12.7. The van der Waals surface area contributed by atoms with Crippen LogP contribution in [0.3, 0.4) is 0 Å². The van der Waals surface area contributed by atoms with Gasteiger partial charge in [0, 0.05) is 21.8 Å². The number of hydrogen-bond acceptors (Lipinski definition) is 2. The van der Waals surface area contributed by atoms with Gasteiger partial charge in [0.1, 0.15) is 5.75 Å². The lowest BCUT2D eigenvalue weighted by Gasteiger charge is -2.30. The fourth-order valence-corrected chi connectivity index (χ4v) is 3.90. The van der Waals surface area contributed by atoms with Crippen molar-refractivity contribution in [1.29, 1.82) is 0 Å². The smallest absolute Gasteiger partial charge is 0.212 e. The minimum atomic E-state index is -1.09. The second-order valence-electron chi connectivity index (χ2n) is 5.11. The molecular weight excluding hydrogens is 458 g/mol. The van der Waals surface area contributed by atoms with Crippen LogP contribution in [-0.2, 0) is 10.2 Å². The van der Waals surface area contributed by atoms with E-state index < -0.39 is 10.4 Å². The van der Waals surface area contributed by atoms with Gasteiger partial charge in [0.25, 0.3) is 0 Å². The molecule has 0 heterocycles. The van der Waals surface area contributed by atoms with Crippen LogP contribution in [0.5, 0.6) is 5.75 Å². The summed E-state index contributed by atoms with van der Waals surface area (Å²) in [4.78, 5) is 13.0. The number of alkyl halides is 3. The van der Waals surface area contributed by atoms with E-state index in [4.69, 9.17) is 51.1 Å². The van der Waals surface area contributed by atoms with Crippen LogP contribution < -0.4 is 4.74 Å². The highest BCUT2D eigenvalue weighted by Crippen LogP contribution is 2.33. The van der Waals surface area contributed by atoms with E-state index in [2.05, 4.69) is 15.9 Å². The largest absolute Gasteiger partial charge is 0.471 e. The molecule has 0 aromatic heterocycles. The zero-order valence-electron chi connectivity index (χ0n) is 12.3. The SMILES string of the molecule is O=C(C(Br)Oc1ccc(Cl)cc1)C(CCl)(CCl)c1ccc(Cl)cc1. The molecule has 1 atom stereocenters. The van der Waals surface area contributed by atoms with Gasteiger partial charge >= 0.3 is 0 Å².